The summed E-state index contributed by atoms with van der Waals surface area (Å²) in [5, 5.41) is 13.3. The molecule has 1 aromatic rings. The zero-order valence-electron chi connectivity index (χ0n) is 13.1. The molecule has 0 radical (unpaired) electrons. The Morgan fingerprint density at radius 2 is 2.09 bits per heavy atom. The lowest BCUT2D eigenvalue weighted by molar-refractivity contribution is -0.384. The van der Waals surface area contributed by atoms with Crippen LogP contribution in [0.15, 0.2) is 18.2 Å². The van der Waals surface area contributed by atoms with Gasteiger partial charge in [0.25, 0.3) is 11.6 Å². The highest BCUT2D eigenvalue weighted by atomic mass is 16.6. The minimum atomic E-state index is -0.963. The van der Waals surface area contributed by atoms with Gasteiger partial charge in [0.15, 0.2) is 6.10 Å². The summed E-state index contributed by atoms with van der Waals surface area (Å²) in [7, 11) is 1.34. The topological polar surface area (TPSA) is 108 Å². The molecule has 2 rings (SSSR count). The van der Waals surface area contributed by atoms with E-state index in [2.05, 4.69) is 5.32 Å². The molecule has 0 aromatic heterocycles. The van der Waals surface area contributed by atoms with Gasteiger partial charge in [-0.05, 0) is 25.3 Å². The molecule has 0 spiro atoms. The number of benzene rings is 1. The Kier molecular flexibility index (Phi) is 4.83. The lowest BCUT2D eigenvalue weighted by Gasteiger charge is -2.15. The highest BCUT2D eigenvalue weighted by Crippen LogP contribution is 2.38. The van der Waals surface area contributed by atoms with Crippen LogP contribution < -0.4 is 10.1 Å². The number of hydrogen-bond donors (Lipinski definition) is 1. The first kappa shape index (κ1) is 16.7. The van der Waals surface area contributed by atoms with Crippen molar-refractivity contribution in [2.24, 2.45) is 11.8 Å². The Bertz CT molecular complexity index is 645. The quantitative estimate of drug-likeness (QED) is 0.488. The van der Waals surface area contributed by atoms with Crippen LogP contribution in [0.2, 0.25) is 0 Å². The van der Waals surface area contributed by atoms with Crippen molar-refractivity contribution in [1.82, 2.24) is 0 Å². The molecule has 0 aliphatic heterocycles. The minimum absolute atomic E-state index is 0.126. The number of carbonyl (C=O) groups is 2. The van der Waals surface area contributed by atoms with Crippen molar-refractivity contribution in [2.75, 3.05) is 12.4 Å². The van der Waals surface area contributed by atoms with Gasteiger partial charge in [-0.2, -0.15) is 0 Å². The Hall–Kier alpha value is -2.64. The molecule has 1 fully saturated rings. The van der Waals surface area contributed by atoms with Crippen LogP contribution in [0.1, 0.15) is 20.3 Å². The number of methoxy groups -OCH3 is 1. The molecule has 3 atom stereocenters. The van der Waals surface area contributed by atoms with Crippen LogP contribution in [-0.4, -0.2) is 30.0 Å². The number of amides is 1. The van der Waals surface area contributed by atoms with E-state index < -0.39 is 16.9 Å². The molecule has 0 saturated heterocycles. The zero-order chi connectivity index (χ0) is 17.1. The third-order valence-electron chi connectivity index (χ3n) is 3.73. The van der Waals surface area contributed by atoms with E-state index in [9.17, 15) is 19.7 Å². The second kappa shape index (κ2) is 6.64. The molecule has 1 N–H and O–H groups in total. The van der Waals surface area contributed by atoms with Gasteiger partial charge < -0.3 is 14.8 Å². The summed E-state index contributed by atoms with van der Waals surface area (Å²) in [5.74, 6) is -0.580. The molecule has 124 valence electrons. The van der Waals surface area contributed by atoms with E-state index in [1.54, 1.807) is 0 Å². The first-order chi connectivity index (χ1) is 10.8. The lowest BCUT2D eigenvalue weighted by atomic mass is 10.2. The van der Waals surface area contributed by atoms with E-state index in [1.807, 2.05) is 6.92 Å². The number of anilines is 1. The fraction of sp³-hybridized carbons (Fsp3) is 0.467. The monoisotopic (exact) mass is 322 g/mol. The Balaban J connectivity index is 2.01. The van der Waals surface area contributed by atoms with Crippen LogP contribution in [0.5, 0.6) is 5.75 Å². The molecule has 0 heterocycles. The van der Waals surface area contributed by atoms with Crippen molar-refractivity contribution in [3.8, 4) is 5.75 Å². The molecule has 1 amide bonds. The number of nitrogens with zero attached hydrogens (tertiary/aromatic N) is 1. The van der Waals surface area contributed by atoms with Gasteiger partial charge in [0.1, 0.15) is 5.75 Å². The molecule has 8 nitrogen and oxygen atoms in total. The maximum Gasteiger partial charge on any atom is 0.309 e. The zero-order valence-corrected chi connectivity index (χ0v) is 13.1. The first-order valence-electron chi connectivity index (χ1n) is 7.17. The third-order valence-corrected chi connectivity index (χ3v) is 3.73. The van der Waals surface area contributed by atoms with Gasteiger partial charge in [-0.25, -0.2) is 0 Å². The van der Waals surface area contributed by atoms with E-state index in [1.165, 1.54) is 32.2 Å². The molecule has 1 aliphatic carbocycles. The summed E-state index contributed by atoms with van der Waals surface area (Å²) in [5.41, 5.74) is 0.118. The van der Waals surface area contributed by atoms with Crippen molar-refractivity contribution in [1.29, 1.82) is 0 Å². The summed E-state index contributed by atoms with van der Waals surface area (Å²) >= 11 is 0. The number of rotatable bonds is 6. The van der Waals surface area contributed by atoms with Crippen molar-refractivity contribution in [3.05, 3.63) is 28.3 Å². The lowest BCUT2D eigenvalue weighted by Crippen LogP contribution is -2.30. The number of ether oxygens (including phenoxy) is 2. The van der Waals surface area contributed by atoms with Crippen LogP contribution in [0.3, 0.4) is 0 Å². The van der Waals surface area contributed by atoms with Gasteiger partial charge in [0, 0.05) is 6.07 Å². The molecule has 1 saturated carbocycles. The molecule has 8 heteroatoms. The van der Waals surface area contributed by atoms with Crippen molar-refractivity contribution >= 4 is 23.3 Å². The van der Waals surface area contributed by atoms with Gasteiger partial charge in [0.2, 0.25) is 0 Å². The van der Waals surface area contributed by atoms with E-state index in [0.29, 0.717) is 5.92 Å². The molecule has 0 unspecified atom stereocenters. The molecular weight excluding hydrogens is 304 g/mol. The summed E-state index contributed by atoms with van der Waals surface area (Å²) in [6.45, 7) is 3.41. The number of nitro benzene ring substituents is 1. The standard InChI is InChI=1S/C15H18N2O6/c1-8-6-11(8)15(19)23-9(2)14(18)16-12-5-4-10(17(20)21)7-13(12)22-3/h4-5,7-9,11H,6H2,1-3H3,(H,16,18)/t8-,9+,11-/m1/s1. The Morgan fingerprint density at radius 1 is 1.43 bits per heavy atom. The highest BCUT2D eigenvalue weighted by molar-refractivity contribution is 5.96. The van der Waals surface area contributed by atoms with Gasteiger partial charge in [-0.3, -0.25) is 19.7 Å². The largest absolute Gasteiger partial charge is 0.494 e. The second-order valence-corrected chi connectivity index (χ2v) is 5.53. The van der Waals surface area contributed by atoms with Crippen LogP contribution in [0, 0.1) is 22.0 Å². The average molecular weight is 322 g/mol. The fourth-order valence-electron chi connectivity index (χ4n) is 2.10. The molecule has 0 bridgehead atoms. The normalized spacial score (nSPS) is 20.3. The summed E-state index contributed by atoms with van der Waals surface area (Å²) in [6, 6.07) is 3.82. The number of esters is 1. The summed E-state index contributed by atoms with van der Waals surface area (Å²) < 4.78 is 10.1. The smallest absolute Gasteiger partial charge is 0.309 e. The maximum absolute atomic E-state index is 12.1. The number of non-ortho nitro benzene ring substituents is 1. The van der Waals surface area contributed by atoms with Crippen LogP contribution >= 0.6 is 0 Å². The predicted octanol–water partition coefficient (Wildman–Crippen LogP) is 2.13. The van der Waals surface area contributed by atoms with Crippen LogP contribution in [0.4, 0.5) is 11.4 Å². The van der Waals surface area contributed by atoms with E-state index in [0.717, 1.165) is 6.42 Å². The van der Waals surface area contributed by atoms with Crippen LogP contribution in [0.25, 0.3) is 0 Å². The summed E-state index contributed by atoms with van der Waals surface area (Å²) in [6.07, 6.45) is -0.182. The minimum Gasteiger partial charge on any atom is -0.494 e. The van der Waals surface area contributed by atoms with Gasteiger partial charge in [-0.1, -0.05) is 6.92 Å². The Labute approximate surface area is 132 Å². The number of nitrogens with one attached hydrogen (secondary N) is 1. The summed E-state index contributed by atoms with van der Waals surface area (Å²) in [4.78, 5) is 34.0. The number of carbonyl (C=O) groups excluding carboxylic acids is 2. The van der Waals surface area contributed by atoms with Gasteiger partial charge in [0.05, 0.1) is 29.7 Å². The first-order valence-corrected chi connectivity index (χ1v) is 7.17. The maximum atomic E-state index is 12.1. The second-order valence-electron chi connectivity index (χ2n) is 5.53. The Morgan fingerprint density at radius 3 is 2.61 bits per heavy atom. The van der Waals surface area contributed by atoms with E-state index in [4.69, 9.17) is 9.47 Å². The van der Waals surface area contributed by atoms with E-state index in [-0.39, 0.29) is 29.0 Å². The SMILES string of the molecule is COc1cc([N+](=O)[O-])ccc1NC(=O)[C@H](C)OC(=O)[C@@H]1C[C@H]1C. The van der Waals surface area contributed by atoms with Crippen molar-refractivity contribution in [3.63, 3.8) is 0 Å². The fourth-order valence-corrected chi connectivity index (χ4v) is 2.10. The molecule has 1 aliphatic rings. The molecule has 1 aromatic carbocycles. The number of hydrogen-bond acceptors (Lipinski definition) is 6. The van der Waals surface area contributed by atoms with Crippen LogP contribution in [-0.2, 0) is 14.3 Å². The highest BCUT2D eigenvalue weighted by Gasteiger charge is 2.41. The third kappa shape index (κ3) is 3.97. The van der Waals surface area contributed by atoms with E-state index >= 15 is 0 Å². The predicted molar refractivity (Wildman–Crippen MR) is 81.1 cm³/mol. The van der Waals surface area contributed by atoms with Crippen molar-refractivity contribution < 1.29 is 24.0 Å². The molecular formula is C15H18N2O6. The molecule has 23 heavy (non-hydrogen) atoms. The number of nitro groups is 1. The van der Waals surface area contributed by atoms with Gasteiger partial charge in [-0.15, -0.1) is 0 Å². The van der Waals surface area contributed by atoms with Crippen molar-refractivity contribution in [2.45, 2.75) is 26.4 Å². The average Bonchev–Trinajstić information content (AvgIpc) is 3.24. The van der Waals surface area contributed by atoms with Gasteiger partial charge >= 0.3 is 5.97 Å².